The van der Waals surface area contributed by atoms with Crippen molar-refractivity contribution in [3.8, 4) is 0 Å². The van der Waals surface area contributed by atoms with Gasteiger partial charge in [-0.2, -0.15) is 0 Å². The Morgan fingerprint density at radius 1 is 1.47 bits per heavy atom. The first-order valence-electron chi connectivity index (χ1n) is 4.96. The van der Waals surface area contributed by atoms with Crippen molar-refractivity contribution in [3.63, 3.8) is 0 Å². The molecule has 17 heavy (non-hydrogen) atoms. The number of aliphatic carboxylic acids is 1. The van der Waals surface area contributed by atoms with Gasteiger partial charge in [0.05, 0.1) is 6.10 Å². The summed E-state index contributed by atoms with van der Waals surface area (Å²) in [5.74, 6) is -1.76. The molecule has 6 nitrogen and oxygen atoms in total. The summed E-state index contributed by atoms with van der Waals surface area (Å²) in [5.41, 5.74) is 0. The highest BCUT2D eigenvalue weighted by atomic mass is 35.5. The standard InChI is InChI=1S/C10H10ClNO5/c11-8-2-1-7(17-8)9(14)12-4-5(13)3-6(12)10(15)16/h1-2,5-6,13H,3-4H2,(H,15,16)/t5-,6+/m1/s1. The van der Waals surface area contributed by atoms with E-state index < -0.39 is 24.0 Å². The Morgan fingerprint density at radius 3 is 2.71 bits per heavy atom. The van der Waals surface area contributed by atoms with Crippen molar-refractivity contribution in [2.24, 2.45) is 0 Å². The van der Waals surface area contributed by atoms with Gasteiger partial charge in [0, 0.05) is 13.0 Å². The molecule has 1 aromatic rings. The minimum atomic E-state index is -1.15. The van der Waals surface area contributed by atoms with Crippen LogP contribution in [0.5, 0.6) is 0 Å². The van der Waals surface area contributed by atoms with Gasteiger partial charge >= 0.3 is 5.97 Å². The first-order chi connectivity index (χ1) is 7.99. The highest BCUT2D eigenvalue weighted by Crippen LogP contribution is 2.22. The number of carboxylic acid groups (broad SMARTS) is 1. The average Bonchev–Trinajstić information content (AvgIpc) is 2.83. The van der Waals surface area contributed by atoms with E-state index in [9.17, 15) is 14.7 Å². The third kappa shape index (κ3) is 2.27. The van der Waals surface area contributed by atoms with E-state index in [1.807, 2.05) is 0 Å². The number of hydrogen-bond donors (Lipinski definition) is 2. The van der Waals surface area contributed by atoms with Gasteiger partial charge in [-0.25, -0.2) is 4.79 Å². The summed E-state index contributed by atoms with van der Waals surface area (Å²) in [6.45, 7) is -0.0197. The number of aliphatic hydroxyl groups excluding tert-OH is 1. The highest BCUT2D eigenvalue weighted by molar-refractivity contribution is 6.29. The molecule has 0 unspecified atom stereocenters. The highest BCUT2D eigenvalue weighted by Gasteiger charge is 2.40. The van der Waals surface area contributed by atoms with E-state index in [0.717, 1.165) is 4.90 Å². The van der Waals surface area contributed by atoms with E-state index in [2.05, 4.69) is 0 Å². The minimum absolute atomic E-state index is 0.0197. The van der Waals surface area contributed by atoms with Gasteiger partial charge in [-0.3, -0.25) is 4.79 Å². The number of likely N-dealkylation sites (tertiary alicyclic amines) is 1. The lowest BCUT2D eigenvalue weighted by atomic mass is 10.2. The maximum atomic E-state index is 11.9. The van der Waals surface area contributed by atoms with Gasteiger partial charge in [0.1, 0.15) is 6.04 Å². The molecule has 7 heteroatoms. The van der Waals surface area contributed by atoms with Crippen LogP contribution < -0.4 is 0 Å². The molecule has 0 spiro atoms. The van der Waals surface area contributed by atoms with Crippen molar-refractivity contribution in [2.75, 3.05) is 6.54 Å². The third-order valence-electron chi connectivity index (χ3n) is 2.61. The fourth-order valence-electron chi connectivity index (χ4n) is 1.84. The zero-order chi connectivity index (χ0) is 12.6. The molecule has 2 atom stereocenters. The summed E-state index contributed by atoms with van der Waals surface area (Å²) in [7, 11) is 0. The Kier molecular flexibility index (Phi) is 3.08. The van der Waals surface area contributed by atoms with Crippen LogP contribution in [0.2, 0.25) is 5.22 Å². The molecule has 1 saturated heterocycles. The van der Waals surface area contributed by atoms with Crippen molar-refractivity contribution >= 4 is 23.5 Å². The Hall–Kier alpha value is -1.53. The summed E-state index contributed by atoms with van der Waals surface area (Å²) in [6, 6.07) is 1.74. The predicted octanol–water partition coefficient (Wildman–Crippen LogP) is 0.593. The first-order valence-corrected chi connectivity index (χ1v) is 5.34. The molecule has 1 aliphatic heterocycles. The molecule has 0 saturated carbocycles. The molecule has 0 aliphatic carbocycles. The van der Waals surface area contributed by atoms with Crippen molar-refractivity contribution < 1.29 is 24.2 Å². The van der Waals surface area contributed by atoms with E-state index in [1.54, 1.807) is 0 Å². The summed E-state index contributed by atoms with van der Waals surface area (Å²) < 4.78 is 4.92. The van der Waals surface area contributed by atoms with Crippen molar-refractivity contribution in [1.29, 1.82) is 0 Å². The molecule has 92 valence electrons. The van der Waals surface area contributed by atoms with E-state index in [-0.39, 0.29) is 23.9 Å². The van der Waals surface area contributed by atoms with Crippen molar-refractivity contribution in [3.05, 3.63) is 23.1 Å². The molecular formula is C10H10ClNO5. The van der Waals surface area contributed by atoms with Crippen LogP contribution in [0.1, 0.15) is 17.0 Å². The van der Waals surface area contributed by atoms with Gasteiger partial charge in [-0.05, 0) is 23.7 Å². The zero-order valence-electron chi connectivity index (χ0n) is 8.67. The van der Waals surface area contributed by atoms with Gasteiger partial charge in [0.15, 0.2) is 11.0 Å². The van der Waals surface area contributed by atoms with Crippen LogP contribution in [0.25, 0.3) is 0 Å². The molecule has 0 radical (unpaired) electrons. The first kappa shape index (κ1) is 11.9. The number of rotatable bonds is 2. The number of nitrogens with zero attached hydrogens (tertiary/aromatic N) is 1. The van der Waals surface area contributed by atoms with E-state index in [0.29, 0.717) is 0 Å². The molecule has 2 N–H and O–H groups in total. The van der Waals surface area contributed by atoms with Gasteiger partial charge in [-0.1, -0.05) is 0 Å². The second-order valence-electron chi connectivity index (χ2n) is 3.80. The second kappa shape index (κ2) is 4.38. The van der Waals surface area contributed by atoms with E-state index in [1.165, 1.54) is 12.1 Å². The molecular weight excluding hydrogens is 250 g/mol. The van der Waals surface area contributed by atoms with Crippen LogP contribution in [-0.2, 0) is 4.79 Å². The van der Waals surface area contributed by atoms with E-state index >= 15 is 0 Å². The predicted molar refractivity (Wildman–Crippen MR) is 56.8 cm³/mol. The third-order valence-corrected chi connectivity index (χ3v) is 2.81. The molecule has 1 fully saturated rings. The number of β-amino-alcohol motifs (C(OH)–C–C–N with tert-alkyl or cyclic N) is 1. The van der Waals surface area contributed by atoms with Gasteiger partial charge in [0.2, 0.25) is 0 Å². The fraction of sp³-hybridized carbons (Fsp3) is 0.400. The van der Waals surface area contributed by atoms with Crippen LogP contribution in [-0.4, -0.2) is 45.7 Å². The molecule has 1 amide bonds. The second-order valence-corrected chi connectivity index (χ2v) is 4.18. The SMILES string of the molecule is O=C(O)[C@@H]1C[C@@H](O)CN1C(=O)c1ccc(Cl)o1. The number of hydrogen-bond acceptors (Lipinski definition) is 4. The molecule has 0 bridgehead atoms. The number of carboxylic acids is 1. The number of furan rings is 1. The van der Waals surface area contributed by atoms with Crippen molar-refractivity contribution in [2.45, 2.75) is 18.6 Å². The molecule has 1 aromatic heterocycles. The van der Waals surface area contributed by atoms with Crippen LogP contribution in [0.15, 0.2) is 16.5 Å². The Labute approximate surface area is 101 Å². The monoisotopic (exact) mass is 259 g/mol. The number of amides is 1. The molecule has 0 aromatic carbocycles. The summed E-state index contributed by atoms with van der Waals surface area (Å²) in [4.78, 5) is 23.9. The van der Waals surface area contributed by atoms with Crippen LogP contribution >= 0.6 is 11.6 Å². The smallest absolute Gasteiger partial charge is 0.326 e. The normalized spacial score (nSPS) is 24.0. The summed E-state index contributed by atoms with van der Waals surface area (Å²) >= 11 is 5.54. The van der Waals surface area contributed by atoms with Crippen LogP contribution in [0, 0.1) is 0 Å². The van der Waals surface area contributed by atoms with Gasteiger partial charge < -0.3 is 19.5 Å². The lowest BCUT2D eigenvalue weighted by Crippen LogP contribution is -2.40. The summed E-state index contributed by atoms with van der Waals surface area (Å²) in [5, 5.41) is 18.4. The lowest BCUT2D eigenvalue weighted by Gasteiger charge is -2.19. The van der Waals surface area contributed by atoms with E-state index in [4.69, 9.17) is 21.1 Å². The number of carbonyl (C=O) groups is 2. The molecule has 1 aliphatic rings. The average molecular weight is 260 g/mol. The number of aliphatic hydroxyl groups is 1. The van der Waals surface area contributed by atoms with Crippen LogP contribution in [0.4, 0.5) is 0 Å². The fourth-order valence-corrected chi connectivity index (χ4v) is 1.99. The molecule has 2 heterocycles. The molecule has 2 rings (SSSR count). The Balaban J connectivity index is 2.21. The van der Waals surface area contributed by atoms with Gasteiger partial charge in [-0.15, -0.1) is 0 Å². The number of carbonyl (C=O) groups excluding carboxylic acids is 1. The maximum Gasteiger partial charge on any atom is 0.326 e. The maximum absolute atomic E-state index is 11.9. The Bertz CT molecular complexity index is 457. The minimum Gasteiger partial charge on any atom is -0.480 e. The quantitative estimate of drug-likeness (QED) is 0.811. The van der Waals surface area contributed by atoms with Gasteiger partial charge in [0.25, 0.3) is 5.91 Å². The topological polar surface area (TPSA) is 91.0 Å². The Morgan fingerprint density at radius 2 is 2.18 bits per heavy atom. The summed E-state index contributed by atoms with van der Waals surface area (Å²) in [6.07, 6.45) is -0.805. The number of halogens is 1. The largest absolute Gasteiger partial charge is 0.480 e. The van der Waals surface area contributed by atoms with Crippen molar-refractivity contribution in [1.82, 2.24) is 4.90 Å². The zero-order valence-corrected chi connectivity index (χ0v) is 9.42. The lowest BCUT2D eigenvalue weighted by molar-refractivity contribution is -0.141. The van der Waals surface area contributed by atoms with Crippen LogP contribution in [0.3, 0.4) is 0 Å².